The average molecular weight is 310 g/mol. The first-order valence-electron chi connectivity index (χ1n) is 6.68. The maximum Gasteiger partial charge on any atom is 0.247 e. The number of nitrogens with one attached hydrogen (secondary N) is 2. The van der Waals surface area contributed by atoms with Crippen molar-refractivity contribution in [3.8, 4) is 11.5 Å². The zero-order chi connectivity index (χ0) is 15.2. The van der Waals surface area contributed by atoms with Gasteiger partial charge in [-0.15, -0.1) is 0 Å². The number of fused-ring (bicyclic) bond motifs is 1. The molecule has 0 spiro atoms. The largest absolute Gasteiger partial charge is 0.490 e. The molecular weight excluding hydrogens is 292 g/mol. The summed E-state index contributed by atoms with van der Waals surface area (Å²) >= 11 is 4.07. The number of benzene rings is 1. The number of ether oxygens (including phenoxy) is 2. The molecule has 0 aliphatic carbocycles. The topological polar surface area (TPSA) is 76.7 Å². The standard InChI is InChI=1S/C14H18N2O4S/c1-9(17)15-11(8-21)14(18)16-10-3-4-12-13(7-10)20-6-2-5-19-12/h3-4,7,11,21H,2,5-6,8H2,1H3,(H,15,17)(H,16,18). The summed E-state index contributed by atoms with van der Waals surface area (Å²) < 4.78 is 11.1. The molecule has 7 heteroatoms. The van der Waals surface area contributed by atoms with Gasteiger partial charge in [-0.2, -0.15) is 12.6 Å². The van der Waals surface area contributed by atoms with Crippen LogP contribution in [0.15, 0.2) is 18.2 Å². The summed E-state index contributed by atoms with van der Waals surface area (Å²) in [6, 6.07) is 4.52. The zero-order valence-corrected chi connectivity index (χ0v) is 12.6. The van der Waals surface area contributed by atoms with E-state index in [2.05, 4.69) is 23.3 Å². The van der Waals surface area contributed by atoms with E-state index in [9.17, 15) is 9.59 Å². The van der Waals surface area contributed by atoms with Crippen LogP contribution in [0.3, 0.4) is 0 Å². The van der Waals surface area contributed by atoms with Crippen molar-refractivity contribution >= 4 is 30.1 Å². The van der Waals surface area contributed by atoms with E-state index in [0.29, 0.717) is 30.4 Å². The number of carbonyl (C=O) groups is 2. The van der Waals surface area contributed by atoms with Crippen LogP contribution in [-0.4, -0.2) is 36.8 Å². The summed E-state index contributed by atoms with van der Waals surface area (Å²) in [7, 11) is 0. The highest BCUT2D eigenvalue weighted by atomic mass is 32.1. The summed E-state index contributed by atoms with van der Waals surface area (Å²) in [5.74, 6) is 0.888. The highest BCUT2D eigenvalue weighted by Gasteiger charge is 2.19. The third-order valence-electron chi connectivity index (χ3n) is 2.89. The van der Waals surface area contributed by atoms with E-state index in [1.54, 1.807) is 18.2 Å². The fourth-order valence-electron chi connectivity index (χ4n) is 1.91. The number of amides is 2. The third-order valence-corrected chi connectivity index (χ3v) is 3.26. The molecule has 1 unspecified atom stereocenters. The van der Waals surface area contributed by atoms with Gasteiger partial charge in [0.1, 0.15) is 6.04 Å². The normalized spacial score (nSPS) is 14.8. The first-order chi connectivity index (χ1) is 10.1. The quantitative estimate of drug-likeness (QED) is 0.731. The highest BCUT2D eigenvalue weighted by molar-refractivity contribution is 7.80. The van der Waals surface area contributed by atoms with E-state index < -0.39 is 6.04 Å². The van der Waals surface area contributed by atoms with Gasteiger partial charge in [-0.25, -0.2) is 0 Å². The maximum absolute atomic E-state index is 12.1. The Balaban J connectivity index is 2.07. The molecule has 2 amide bonds. The van der Waals surface area contributed by atoms with Crippen molar-refractivity contribution in [2.45, 2.75) is 19.4 Å². The molecule has 1 aliphatic rings. The average Bonchev–Trinajstić information content (AvgIpc) is 2.69. The minimum atomic E-state index is -0.679. The predicted molar refractivity (Wildman–Crippen MR) is 82.1 cm³/mol. The number of thiol groups is 1. The van der Waals surface area contributed by atoms with Gasteiger partial charge < -0.3 is 20.1 Å². The minimum Gasteiger partial charge on any atom is -0.490 e. The minimum absolute atomic E-state index is 0.218. The van der Waals surface area contributed by atoms with E-state index in [0.717, 1.165) is 6.42 Å². The van der Waals surface area contributed by atoms with Crippen LogP contribution in [0.2, 0.25) is 0 Å². The molecule has 1 heterocycles. The Morgan fingerprint density at radius 2 is 2.00 bits per heavy atom. The van der Waals surface area contributed by atoms with Crippen LogP contribution in [-0.2, 0) is 9.59 Å². The fraction of sp³-hybridized carbons (Fsp3) is 0.429. The van der Waals surface area contributed by atoms with E-state index in [1.165, 1.54) is 6.92 Å². The van der Waals surface area contributed by atoms with Crippen LogP contribution in [0.25, 0.3) is 0 Å². The lowest BCUT2D eigenvalue weighted by Crippen LogP contribution is -2.44. The van der Waals surface area contributed by atoms with Crippen LogP contribution in [0.1, 0.15) is 13.3 Å². The van der Waals surface area contributed by atoms with Gasteiger partial charge in [-0.1, -0.05) is 0 Å². The van der Waals surface area contributed by atoms with Crippen LogP contribution in [0.5, 0.6) is 11.5 Å². The lowest BCUT2D eigenvalue weighted by atomic mass is 10.2. The summed E-state index contributed by atoms with van der Waals surface area (Å²) in [6.07, 6.45) is 0.820. The molecule has 1 atom stereocenters. The summed E-state index contributed by atoms with van der Waals surface area (Å²) in [6.45, 7) is 2.55. The first kappa shape index (κ1) is 15.5. The Labute approximate surface area is 128 Å². The van der Waals surface area contributed by atoms with Gasteiger partial charge in [0.25, 0.3) is 0 Å². The Bertz CT molecular complexity index is 536. The monoisotopic (exact) mass is 310 g/mol. The van der Waals surface area contributed by atoms with Crippen molar-refractivity contribution < 1.29 is 19.1 Å². The van der Waals surface area contributed by atoms with E-state index >= 15 is 0 Å². The highest BCUT2D eigenvalue weighted by Crippen LogP contribution is 2.32. The lowest BCUT2D eigenvalue weighted by Gasteiger charge is -2.16. The molecular formula is C14H18N2O4S. The van der Waals surface area contributed by atoms with Crippen LogP contribution >= 0.6 is 12.6 Å². The van der Waals surface area contributed by atoms with Crippen LogP contribution in [0.4, 0.5) is 5.69 Å². The molecule has 1 aromatic rings. The lowest BCUT2D eigenvalue weighted by molar-refractivity contribution is -0.124. The van der Waals surface area contributed by atoms with Gasteiger partial charge in [0.15, 0.2) is 11.5 Å². The van der Waals surface area contributed by atoms with Crippen molar-refractivity contribution in [3.63, 3.8) is 0 Å². The smallest absolute Gasteiger partial charge is 0.247 e. The van der Waals surface area contributed by atoms with Crippen molar-refractivity contribution in [2.24, 2.45) is 0 Å². The van der Waals surface area contributed by atoms with E-state index in [1.807, 2.05) is 0 Å². The van der Waals surface area contributed by atoms with E-state index in [4.69, 9.17) is 9.47 Å². The second kappa shape index (κ2) is 7.21. The van der Waals surface area contributed by atoms with E-state index in [-0.39, 0.29) is 17.6 Å². The molecule has 0 saturated heterocycles. The van der Waals surface area contributed by atoms with Crippen molar-refractivity contribution in [2.75, 3.05) is 24.3 Å². The van der Waals surface area contributed by atoms with Gasteiger partial charge in [0.2, 0.25) is 11.8 Å². The molecule has 2 N–H and O–H groups in total. The van der Waals surface area contributed by atoms with Crippen LogP contribution in [0, 0.1) is 0 Å². The molecule has 0 bridgehead atoms. The summed E-state index contributed by atoms with van der Waals surface area (Å²) in [5, 5.41) is 5.27. The molecule has 1 aromatic carbocycles. The van der Waals surface area contributed by atoms with Gasteiger partial charge in [-0.3, -0.25) is 9.59 Å². The molecule has 2 rings (SSSR count). The predicted octanol–water partition coefficient (Wildman–Crippen LogP) is 1.22. The Morgan fingerprint density at radius 1 is 1.29 bits per heavy atom. The SMILES string of the molecule is CC(=O)NC(CS)C(=O)Nc1ccc2c(c1)OCCCO2. The second-order valence-electron chi connectivity index (χ2n) is 4.64. The van der Waals surface area contributed by atoms with Crippen LogP contribution < -0.4 is 20.1 Å². The molecule has 1 aliphatic heterocycles. The molecule has 0 fully saturated rings. The van der Waals surface area contributed by atoms with Crippen molar-refractivity contribution in [1.82, 2.24) is 5.32 Å². The molecule has 0 radical (unpaired) electrons. The Hall–Kier alpha value is -1.89. The molecule has 0 aromatic heterocycles. The summed E-state index contributed by atoms with van der Waals surface area (Å²) in [4.78, 5) is 23.1. The fourth-order valence-corrected chi connectivity index (χ4v) is 2.17. The number of hydrogen-bond donors (Lipinski definition) is 3. The Kier molecular flexibility index (Phi) is 5.32. The maximum atomic E-state index is 12.1. The molecule has 0 saturated carbocycles. The number of anilines is 1. The zero-order valence-electron chi connectivity index (χ0n) is 11.7. The molecule has 114 valence electrons. The van der Waals surface area contributed by atoms with Crippen molar-refractivity contribution in [3.05, 3.63) is 18.2 Å². The number of rotatable bonds is 4. The van der Waals surface area contributed by atoms with Gasteiger partial charge in [-0.05, 0) is 12.1 Å². The third kappa shape index (κ3) is 4.29. The van der Waals surface area contributed by atoms with Gasteiger partial charge >= 0.3 is 0 Å². The summed E-state index contributed by atoms with van der Waals surface area (Å²) in [5.41, 5.74) is 0.585. The Morgan fingerprint density at radius 3 is 2.67 bits per heavy atom. The van der Waals surface area contributed by atoms with Crippen molar-refractivity contribution in [1.29, 1.82) is 0 Å². The molecule has 21 heavy (non-hydrogen) atoms. The van der Waals surface area contributed by atoms with Gasteiger partial charge in [0, 0.05) is 30.9 Å². The molecule has 6 nitrogen and oxygen atoms in total. The second-order valence-corrected chi connectivity index (χ2v) is 5.00. The number of carbonyl (C=O) groups excluding carboxylic acids is 2. The van der Waals surface area contributed by atoms with Gasteiger partial charge in [0.05, 0.1) is 13.2 Å². The first-order valence-corrected chi connectivity index (χ1v) is 7.32. The number of hydrogen-bond acceptors (Lipinski definition) is 5.